The van der Waals surface area contributed by atoms with Gasteiger partial charge in [-0.2, -0.15) is 0 Å². The Balaban J connectivity index is 1.71. The van der Waals surface area contributed by atoms with E-state index >= 15 is 0 Å². The number of pyridine rings is 1. The van der Waals surface area contributed by atoms with E-state index in [1.165, 1.54) is 0 Å². The standard InChI is InChI=1S/C21H18ClN5O/c1-26-12-11-16-18(26)17-20(24-19(16)23-14-9-7-13(22)8-10-14)25-27(21(17)28)15-5-3-2-4-6-15/h2-10H,11-12H2,1H3,(H2,23,24,25). The normalized spacial score (nSPS) is 13.1. The number of para-hydroxylation sites is 1. The first-order valence-corrected chi connectivity index (χ1v) is 9.46. The Kier molecular flexibility index (Phi) is 3.87. The van der Waals surface area contributed by atoms with Crippen molar-refractivity contribution in [1.82, 2.24) is 14.8 Å². The van der Waals surface area contributed by atoms with Gasteiger partial charge in [0.15, 0.2) is 5.65 Å². The van der Waals surface area contributed by atoms with Crippen LogP contribution in [0, 0.1) is 0 Å². The molecule has 28 heavy (non-hydrogen) atoms. The van der Waals surface area contributed by atoms with Crippen molar-refractivity contribution in [3.63, 3.8) is 0 Å². The van der Waals surface area contributed by atoms with E-state index in [1.54, 1.807) is 4.68 Å². The van der Waals surface area contributed by atoms with Crippen LogP contribution in [0.4, 0.5) is 17.2 Å². The third kappa shape index (κ3) is 2.65. The Morgan fingerprint density at radius 1 is 1.11 bits per heavy atom. The molecular formula is C21H18ClN5O. The summed E-state index contributed by atoms with van der Waals surface area (Å²) in [6.07, 6.45) is 0.834. The molecule has 6 nitrogen and oxygen atoms in total. The number of halogens is 1. The fourth-order valence-electron chi connectivity index (χ4n) is 3.74. The van der Waals surface area contributed by atoms with Crippen molar-refractivity contribution >= 4 is 39.8 Å². The molecule has 4 aromatic rings. The van der Waals surface area contributed by atoms with Crippen molar-refractivity contribution in [2.24, 2.45) is 0 Å². The molecule has 0 amide bonds. The highest BCUT2D eigenvalue weighted by Crippen LogP contribution is 2.37. The molecule has 0 unspecified atom stereocenters. The lowest BCUT2D eigenvalue weighted by molar-refractivity contribution is 0.858. The molecule has 3 heterocycles. The highest BCUT2D eigenvalue weighted by Gasteiger charge is 2.27. The number of nitrogens with zero attached hydrogens (tertiary/aromatic N) is 3. The lowest BCUT2D eigenvalue weighted by Gasteiger charge is -2.14. The van der Waals surface area contributed by atoms with Gasteiger partial charge in [0.1, 0.15) is 11.2 Å². The second-order valence-electron chi connectivity index (χ2n) is 6.90. The maximum atomic E-state index is 13.2. The Morgan fingerprint density at radius 2 is 1.86 bits per heavy atom. The lowest BCUT2D eigenvalue weighted by atomic mass is 10.1. The number of likely N-dealkylation sites (N-methyl/N-ethyl adjacent to an activating group) is 1. The van der Waals surface area contributed by atoms with E-state index in [-0.39, 0.29) is 5.56 Å². The van der Waals surface area contributed by atoms with Gasteiger partial charge in [0, 0.05) is 29.9 Å². The topological polar surface area (TPSA) is 66.0 Å². The van der Waals surface area contributed by atoms with Crippen LogP contribution in [-0.2, 0) is 6.42 Å². The van der Waals surface area contributed by atoms with Crippen molar-refractivity contribution in [3.05, 3.63) is 75.5 Å². The quantitative estimate of drug-likeness (QED) is 0.551. The number of hydrogen-bond acceptors (Lipinski definition) is 4. The van der Waals surface area contributed by atoms with Crippen LogP contribution in [-0.4, -0.2) is 28.4 Å². The minimum Gasteiger partial charge on any atom is -0.373 e. The van der Waals surface area contributed by atoms with E-state index in [0.717, 1.165) is 41.4 Å². The molecular weight excluding hydrogens is 374 g/mol. The lowest BCUT2D eigenvalue weighted by Crippen LogP contribution is -2.18. The zero-order valence-electron chi connectivity index (χ0n) is 15.2. The first kappa shape index (κ1) is 16.9. The van der Waals surface area contributed by atoms with Gasteiger partial charge in [-0.1, -0.05) is 29.8 Å². The minimum atomic E-state index is -0.0863. The molecule has 1 aliphatic heterocycles. The summed E-state index contributed by atoms with van der Waals surface area (Å²) in [5.74, 6) is 0.760. The van der Waals surface area contributed by atoms with E-state index < -0.39 is 0 Å². The Bertz CT molecular complexity index is 1230. The van der Waals surface area contributed by atoms with E-state index in [9.17, 15) is 4.79 Å². The van der Waals surface area contributed by atoms with Crippen LogP contribution < -0.4 is 15.8 Å². The Morgan fingerprint density at radius 3 is 2.61 bits per heavy atom. The molecule has 0 spiro atoms. The summed E-state index contributed by atoms with van der Waals surface area (Å²) in [5.41, 5.74) is 4.16. The molecule has 0 aliphatic carbocycles. The number of H-pyrrole nitrogens is 1. The number of hydrogen-bond donors (Lipinski definition) is 2. The van der Waals surface area contributed by atoms with E-state index in [1.807, 2.05) is 61.6 Å². The summed E-state index contributed by atoms with van der Waals surface area (Å²) in [6, 6.07) is 17.0. The number of aromatic nitrogens is 3. The van der Waals surface area contributed by atoms with Crippen molar-refractivity contribution in [2.75, 3.05) is 23.8 Å². The van der Waals surface area contributed by atoms with Gasteiger partial charge >= 0.3 is 0 Å². The number of benzene rings is 2. The molecule has 5 rings (SSSR count). The second-order valence-corrected chi connectivity index (χ2v) is 7.34. The first-order chi connectivity index (χ1) is 13.6. The number of fused-ring (bicyclic) bond motifs is 3. The third-order valence-corrected chi connectivity index (χ3v) is 5.36. The molecule has 0 atom stereocenters. The van der Waals surface area contributed by atoms with Gasteiger partial charge in [0.05, 0.1) is 11.4 Å². The molecule has 0 saturated heterocycles. The van der Waals surface area contributed by atoms with Crippen molar-refractivity contribution < 1.29 is 0 Å². The number of anilines is 3. The second kappa shape index (κ2) is 6.42. The van der Waals surface area contributed by atoms with Gasteiger partial charge in [-0.15, -0.1) is 0 Å². The SMILES string of the molecule is CN1CCc2c(Nc3ccc(Cl)cc3)nc3[nH]n(-c4ccccc4)c(=O)c3c21. The molecule has 2 aromatic heterocycles. The maximum Gasteiger partial charge on any atom is 0.282 e. The largest absolute Gasteiger partial charge is 0.373 e. The molecule has 7 heteroatoms. The van der Waals surface area contributed by atoms with Gasteiger partial charge < -0.3 is 10.2 Å². The predicted molar refractivity (Wildman–Crippen MR) is 113 cm³/mol. The Labute approximate surface area is 166 Å². The number of nitrogens with one attached hydrogen (secondary N) is 2. The molecule has 0 bridgehead atoms. The zero-order valence-corrected chi connectivity index (χ0v) is 16.0. The fraction of sp³-hybridized carbons (Fsp3) is 0.143. The monoisotopic (exact) mass is 391 g/mol. The molecule has 0 saturated carbocycles. The predicted octanol–water partition coefficient (Wildman–Crippen LogP) is 4.10. The zero-order chi connectivity index (χ0) is 19.3. The highest BCUT2D eigenvalue weighted by molar-refractivity contribution is 6.30. The summed E-state index contributed by atoms with van der Waals surface area (Å²) >= 11 is 5.99. The average molecular weight is 392 g/mol. The average Bonchev–Trinajstić information content (AvgIpc) is 3.25. The van der Waals surface area contributed by atoms with Gasteiger partial charge in [0.25, 0.3) is 5.56 Å². The first-order valence-electron chi connectivity index (χ1n) is 9.08. The summed E-state index contributed by atoms with van der Waals surface area (Å²) in [4.78, 5) is 20.1. The highest BCUT2D eigenvalue weighted by atomic mass is 35.5. The van der Waals surface area contributed by atoms with Crippen molar-refractivity contribution in [3.8, 4) is 5.69 Å². The molecule has 140 valence electrons. The third-order valence-electron chi connectivity index (χ3n) is 5.10. The molecule has 1 aliphatic rings. The van der Waals surface area contributed by atoms with Crippen LogP contribution in [0.1, 0.15) is 5.56 Å². The minimum absolute atomic E-state index is 0.0863. The van der Waals surface area contributed by atoms with Crippen LogP contribution >= 0.6 is 11.6 Å². The van der Waals surface area contributed by atoms with Crippen molar-refractivity contribution in [2.45, 2.75) is 6.42 Å². The molecule has 2 N–H and O–H groups in total. The number of aromatic amines is 1. The van der Waals surface area contributed by atoms with Gasteiger partial charge in [0.2, 0.25) is 0 Å². The van der Waals surface area contributed by atoms with Crippen LogP contribution in [0.3, 0.4) is 0 Å². The van der Waals surface area contributed by atoms with E-state index in [0.29, 0.717) is 16.1 Å². The fourth-order valence-corrected chi connectivity index (χ4v) is 3.87. The van der Waals surface area contributed by atoms with Crippen LogP contribution in [0.15, 0.2) is 59.4 Å². The summed E-state index contributed by atoms with van der Waals surface area (Å²) in [6.45, 7) is 0.849. The smallest absolute Gasteiger partial charge is 0.282 e. The van der Waals surface area contributed by atoms with Crippen LogP contribution in [0.25, 0.3) is 16.7 Å². The maximum absolute atomic E-state index is 13.2. The van der Waals surface area contributed by atoms with Crippen LogP contribution in [0.5, 0.6) is 0 Å². The summed E-state index contributed by atoms with van der Waals surface area (Å²) < 4.78 is 1.55. The number of rotatable bonds is 3. The van der Waals surface area contributed by atoms with Gasteiger partial charge in [-0.05, 0) is 42.8 Å². The van der Waals surface area contributed by atoms with E-state index in [2.05, 4.69) is 15.3 Å². The van der Waals surface area contributed by atoms with Gasteiger partial charge in [-0.3, -0.25) is 9.89 Å². The molecule has 0 fully saturated rings. The van der Waals surface area contributed by atoms with Crippen molar-refractivity contribution in [1.29, 1.82) is 0 Å². The van der Waals surface area contributed by atoms with E-state index in [4.69, 9.17) is 16.6 Å². The summed E-state index contributed by atoms with van der Waals surface area (Å²) in [5, 5.41) is 7.86. The Hall–Kier alpha value is -3.25. The van der Waals surface area contributed by atoms with Crippen LogP contribution in [0.2, 0.25) is 5.02 Å². The van der Waals surface area contributed by atoms with Gasteiger partial charge in [-0.25, -0.2) is 9.67 Å². The molecule has 2 aromatic carbocycles. The summed E-state index contributed by atoms with van der Waals surface area (Å²) in [7, 11) is 2.01. The molecule has 0 radical (unpaired) electrons.